The molecule has 0 saturated carbocycles. The fourth-order valence-electron chi connectivity index (χ4n) is 3.28. The normalized spacial score (nSPS) is 17.1. The van der Waals surface area contributed by atoms with Gasteiger partial charge in [-0.3, -0.25) is 4.79 Å². The summed E-state index contributed by atoms with van der Waals surface area (Å²) in [4.78, 5) is 12.8. The van der Waals surface area contributed by atoms with Crippen molar-refractivity contribution in [3.63, 3.8) is 0 Å². The molecule has 4 nitrogen and oxygen atoms in total. The van der Waals surface area contributed by atoms with E-state index < -0.39 is 0 Å². The Kier molecular flexibility index (Phi) is 5.11. The number of hydrogen-bond donors (Lipinski definition) is 1. The lowest BCUT2D eigenvalue weighted by Crippen LogP contribution is -2.33. The van der Waals surface area contributed by atoms with E-state index in [0.29, 0.717) is 24.3 Å². The Morgan fingerprint density at radius 1 is 1.42 bits per heavy atom. The number of rotatable bonds is 5. The Labute approximate surface area is 163 Å². The number of nitrogens with one attached hydrogen (secondary N) is 1. The molecule has 0 radical (unpaired) electrons. The number of amides is 1. The maximum atomic E-state index is 14.2. The summed E-state index contributed by atoms with van der Waals surface area (Å²) in [6.07, 6.45) is 2.09. The van der Waals surface area contributed by atoms with E-state index in [4.69, 9.17) is 4.74 Å². The molecule has 3 heterocycles. The third kappa shape index (κ3) is 3.43. The average Bonchev–Trinajstić information content (AvgIpc) is 3.34. The highest BCUT2D eigenvalue weighted by Crippen LogP contribution is 2.34. The van der Waals surface area contributed by atoms with Gasteiger partial charge in [-0.25, -0.2) is 4.39 Å². The molecule has 7 heteroatoms. The molecule has 0 spiro atoms. The van der Waals surface area contributed by atoms with E-state index in [9.17, 15) is 9.18 Å². The van der Waals surface area contributed by atoms with Gasteiger partial charge in [0.05, 0.1) is 27.3 Å². The van der Waals surface area contributed by atoms with Crippen LogP contribution >= 0.6 is 27.3 Å². The SMILES string of the molecule is O=C(NC[C@@H]1CCCO1)c1cc2scc(Br)c2n1Cc1ccccc1F. The van der Waals surface area contributed by atoms with E-state index in [0.717, 1.165) is 34.1 Å². The van der Waals surface area contributed by atoms with Crippen LogP contribution in [0.1, 0.15) is 28.9 Å². The molecule has 1 amide bonds. The molecule has 2 aromatic heterocycles. The number of hydrogen-bond acceptors (Lipinski definition) is 3. The third-order valence-corrected chi connectivity index (χ3v) is 6.44. The quantitative estimate of drug-likeness (QED) is 0.636. The molecular weight excluding hydrogens is 419 g/mol. The van der Waals surface area contributed by atoms with Gasteiger partial charge >= 0.3 is 0 Å². The van der Waals surface area contributed by atoms with E-state index in [1.165, 1.54) is 6.07 Å². The van der Waals surface area contributed by atoms with Crippen LogP contribution in [0.4, 0.5) is 4.39 Å². The monoisotopic (exact) mass is 436 g/mol. The first-order chi connectivity index (χ1) is 12.6. The number of aromatic nitrogens is 1. The van der Waals surface area contributed by atoms with Crippen LogP contribution in [0.15, 0.2) is 40.2 Å². The van der Waals surface area contributed by atoms with Gasteiger partial charge < -0.3 is 14.6 Å². The van der Waals surface area contributed by atoms with Gasteiger partial charge in [0.15, 0.2) is 0 Å². The predicted molar refractivity (Wildman–Crippen MR) is 104 cm³/mol. The summed E-state index contributed by atoms with van der Waals surface area (Å²) in [5.74, 6) is -0.432. The summed E-state index contributed by atoms with van der Waals surface area (Å²) < 4.78 is 23.5. The highest BCUT2D eigenvalue weighted by molar-refractivity contribution is 9.10. The first-order valence-electron chi connectivity index (χ1n) is 8.53. The van der Waals surface area contributed by atoms with Gasteiger partial charge in [0.1, 0.15) is 11.5 Å². The minimum absolute atomic E-state index is 0.0850. The number of benzene rings is 1. The molecule has 1 aromatic carbocycles. The Bertz CT molecular complexity index is 946. The van der Waals surface area contributed by atoms with Gasteiger partial charge in [-0.2, -0.15) is 0 Å². The second kappa shape index (κ2) is 7.50. The largest absolute Gasteiger partial charge is 0.376 e. The van der Waals surface area contributed by atoms with E-state index >= 15 is 0 Å². The van der Waals surface area contributed by atoms with Crippen molar-refractivity contribution < 1.29 is 13.9 Å². The molecule has 1 aliphatic heterocycles. The maximum Gasteiger partial charge on any atom is 0.268 e. The minimum atomic E-state index is -0.272. The van der Waals surface area contributed by atoms with Crippen molar-refractivity contribution in [1.29, 1.82) is 0 Å². The Morgan fingerprint density at radius 2 is 2.27 bits per heavy atom. The van der Waals surface area contributed by atoms with Crippen molar-refractivity contribution >= 4 is 43.4 Å². The van der Waals surface area contributed by atoms with Crippen molar-refractivity contribution in [1.82, 2.24) is 9.88 Å². The zero-order chi connectivity index (χ0) is 18.1. The molecule has 1 saturated heterocycles. The lowest BCUT2D eigenvalue weighted by molar-refractivity contribution is 0.0851. The van der Waals surface area contributed by atoms with Crippen molar-refractivity contribution in [3.8, 4) is 0 Å². The van der Waals surface area contributed by atoms with Crippen LogP contribution < -0.4 is 5.32 Å². The first-order valence-corrected chi connectivity index (χ1v) is 10.2. The molecule has 1 N–H and O–H groups in total. The lowest BCUT2D eigenvalue weighted by Gasteiger charge is -2.14. The average molecular weight is 437 g/mol. The van der Waals surface area contributed by atoms with Crippen molar-refractivity contribution in [2.45, 2.75) is 25.5 Å². The second-order valence-corrected chi connectivity index (χ2v) is 8.11. The Morgan fingerprint density at radius 3 is 3.04 bits per heavy atom. The molecule has 1 atom stereocenters. The number of carbonyl (C=O) groups is 1. The second-order valence-electron chi connectivity index (χ2n) is 6.35. The standard InChI is InChI=1S/C19H18BrFN2O2S/c20-14-11-26-17-8-16(19(24)22-9-13-5-3-7-25-13)23(18(14)17)10-12-4-1-2-6-15(12)21/h1-2,4,6,8,11,13H,3,5,7,9-10H2,(H,22,24)/t13-/m0/s1. The number of ether oxygens (including phenoxy) is 1. The van der Waals surface area contributed by atoms with Crippen LogP contribution in [-0.2, 0) is 11.3 Å². The summed E-state index contributed by atoms with van der Waals surface area (Å²) in [6.45, 7) is 1.56. The summed E-state index contributed by atoms with van der Waals surface area (Å²) in [5, 5.41) is 4.95. The number of halogens is 2. The Hall–Kier alpha value is -1.70. The van der Waals surface area contributed by atoms with Crippen LogP contribution in [0.25, 0.3) is 10.2 Å². The fraction of sp³-hybridized carbons (Fsp3) is 0.316. The first kappa shape index (κ1) is 17.7. The third-order valence-electron chi connectivity index (χ3n) is 4.61. The molecule has 136 valence electrons. The predicted octanol–water partition coefficient (Wildman–Crippen LogP) is 4.56. The molecule has 1 fully saturated rings. The van der Waals surface area contributed by atoms with Crippen molar-refractivity contribution in [2.24, 2.45) is 0 Å². The topological polar surface area (TPSA) is 43.3 Å². The molecule has 3 aromatic rings. The van der Waals surface area contributed by atoms with Crippen LogP contribution in [0, 0.1) is 5.82 Å². The van der Waals surface area contributed by atoms with E-state index in [1.54, 1.807) is 29.5 Å². The van der Waals surface area contributed by atoms with E-state index in [1.807, 2.05) is 16.0 Å². The van der Waals surface area contributed by atoms with E-state index in [-0.39, 0.29) is 17.8 Å². The van der Waals surface area contributed by atoms with Crippen LogP contribution in [0.2, 0.25) is 0 Å². The Balaban J connectivity index is 1.65. The zero-order valence-corrected chi connectivity index (χ0v) is 16.4. The van der Waals surface area contributed by atoms with Gasteiger partial charge in [-0.05, 0) is 40.9 Å². The molecular formula is C19H18BrFN2O2S. The number of carbonyl (C=O) groups excluding carboxylic acids is 1. The highest BCUT2D eigenvalue weighted by Gasteiger charge is 2.22. The van der Waals surface area contributed by atoms with Gasteiger partial charge in [0.2, 0.25) is 0 Å². The minimum Gasteiger partial charge on any atom is -0.376 e. The summed E-state index contributed by atoms with van der Waals surface area (Å²) in [7, 11) is 0. The van der Waals surface area contributed by atoms with Crippen LogP contribution in [-0.4, -0.2) is 29.7 Å². The van der Waals surface area contributed by atoms with E-state index in [2.05, 4.69) is 21.2 Å². The van der Waals surface area contributed by atoms with Crippen LogP contribution in [0.5, 0.6) is 0 Å². The van der Waals surface area contributed by atoms with Gasteiger partial charge in [-0.1, -0.05) is 18.2 Å². The van der Waals surface area contributed by atoms with Crippen molar-refractivity contribution in [3.05, 3.63) is 57.3 Å². The smallest absolute Gasteiger partial charge is 0.268 e. The van der Waals surface area contributed by atoms with Crippen LogP contribution in [0.3, 0.4) is 0 Å². The molecule has 26 heavy (non-hydrogen) atoms. The molecule has 1 aliphatic rings. The number of thiophene rings is 1. The zero-order valence-electron chi connectivity index (χ0n) is 14.0. The van der Waals surface area contributed by atoms with Gasteiger partial charge in [0, 0.05) is 24.1 Å². The molecule has 0 aliphatic carbocycles. The maximum absolute atomic E-state index is 14.2. The highest BCUT2D eigenvalue weighted by atomic mass is 79.9. The van der Waals surface area contributed by atoms with Gasteiger partial charge in [0.25, 0.3) is 5.91 Å². The lowest BCUT2D eigenvalue weighted by atomic mass is 10.2. The summed E-state index contributed by atoms with van der Waals surface area (Å²) >= 11 is 5.11. The fourth-order valence-corrected chi connectivity index (χ4v) is 4.98. The number of fused-ring (bicyclic) bond motifs is 1. The molecule has 4 rings (SSSR count). The summed E-state index contributed by atoms with van der Waals surface area (Å²) in [6, 6.07) is 8.53. The van der Waals surface area contributed by atoms with Crippen molar-refractivity contribution in [2.75, 3.05) is 13.2 Å². The summed E-state index contributed by atoms with van der Waals surface area (Å²) in [5.41, 5.74) is 2.01. The molecule has 0 bridgehead atoms. The van der Waals surface area contributed by atoms with Gasteiger partial charge in [-0.15, -0.1) is 11.3 Å². The number of nitrogens with zero attached hydrogens (tertiary/aromatic N) is 1. The molecule has 0 unspecified atom stereocenters.